The van der Waals surface area contributed by atoms with Crippen molar-refractivity contribution in [1.29, 1.82) is 0 Å². The largest absolute Gasteiger partial charge is 0.475 e. The lowest BCUT2D eigenvalue weighted by Crippen LogP contribution is -2.17. The molecule has 2 aromatic rings. The van der Waals surface area contributed by atoms with E-state index in [4.69, 9.17) is 5.11 Å². The molecular formula is C12H9NO4. The van der Waals surface area contributed by atoms with Gasteiger partial charge in [0.25, 0.3) is 0 Å². The zero-order valence-electron chi connectivity index (χ0n) is 8.77. The van der Waals surface area contributed by atoms with Crippen LogP contribution in [0.4, 0.5) is 0 Å². The Bertz CT molecular complexity index is 612. The molecule has 0 bridgehead atoms. The molecule has 86 valence electrons. The van der Waals surface area contributed by atoms with E-state index in [1.54, 1.807) is 30.5 Å². The van der Waals surface area contributed by atoms with E-state index in [2.05, 4.69) is 4.98 Å². The molecule has 0 fully saturated rings. The Hall–Kier alpha value is -2.43. The van der Waals surface area contributed by atoms with Crippen LogP contribution < -0.4 is 0 Å². The first-order valence-electron chi connectivity index (χ1n) is 4.94. The van der Waals surface area contributed by atoms with Crippen molar-refractivity contribution in [1.82, 2.24) is 4.98 Å². The molecule has 0 aliphatic rings. The summed E-state index contributed by atoms with van der Waals surface area (Å²) in [4.78, 5) is 35.8. The number of Topliss-reactive ketones (excluding diaryl/α,β-unsaturated/α-hetero) is 2. The second kappa shape index (κ2) is 4.21. The number of aromatic amines is 1. The molecular weight excluding hydrogens is 222 g/mol. The summed E-state index contributed by atoms with van der Waals surface area (Å²) in [6, 6.07) is 6.71. The molecule has 2 rings (SSSR count). The van der Waals surface area contributed by atoms with Crippen molar-refractivity contribution >= 4 is 28.4 Å². The molecule has 1 aromatic carbocycles. The van der Waals surface area contributed by atoms with Crippen LogP contribution in [0.25, 0.3) is 10.9 Å². The van der Waals surface area contributed by atoms with E-state index in [0.29, 0.717) is 5.56 Å². The normalized spacial score (nSPS) is 10.4. The van der Waals surface area contributed by atoms with Gasteiger partial charge in [-0.25, -0.2) is 4.79 Å². The predicted molar refractivity (Wildman–Crippen MR) is 59.9 cm³/mol. The number of aromatic nitrogens is 1. The number of rotatable bonds is 4. The van der Waals surface area contributed by atoms with E-state index in [0.717, 1.165) is 10.9 Å². The molecule has 0 saturated carbocycles. The number of H-pyrrole nitrogens is 1. The fourth-order valence-electron chi connectivity index (χ4n) is 1.55. The minimum atomic E-state index is -1.58. The molecule has 5 heteroatoms. The Morgan fingerprint density at radius 2 is 1.94 bits per heavy atom. The van der Waals surface area contributed by atoms with Crippen molar-refractivity contribution < 1.29 is 19.5 Å². The molecule has 2 N–H and O–H groups in total. The first-order valence-corrected chi connectivity index (χ1v) is 4.94. The number of carboxylic acid groups (broad SMARTS) is 1. The third kappa shape index (κ3) is 2.23. The summed E-state index contributed by atoms with van der Waals surface area (Å²) in [6.45, 7) is 0. The third-order valence-electron chi connectivity index (χ3n) is 2.43. The molecule has 0 spiro atoms. The SMILES string of the molecule is O=C(O)C(=O)CC(=O)c1ccc2[nH]ccc2c1. The van der Waals surface area contributed by atoms with E-state index < -0.39 is 24.0 Å². The van der Waals surface area contributed by atoms with Crippen LogP contribution in [0, 0.1) is 0 Å². The van der Waals surface area contributed by atoms with Gasteiger partial charge in [-0.1, -0.05) is 0 Å². The fourth-order valence-corrected chi connectivity index (χ4v) is 1.55. The van der Waals surface area contributed by atoms with E-state index in [1.807, 2.05) is 0 Å². The topological polar surface area (TPSA) is 87.2 Å². The number of ketones is 2. The van der Waals surface area contributed by atoms with Crippen LogP contribution in [0.1, 0.15) is 16.8 Å². The van der Waals surface area contributed by atoms with Crippen molar-refractivity contribution in [2.75, 3.05) is 0 Å². The Balaban J connectivity index is 2.24. The van der Waals surface area contributed by atoms with Crippen LogP contribution in [0.15, 0.2) is 30.5 Å². The zero-order chi connectivity index (χ0) is 12.4. The Labute approximate surface area is 96.1 Å². The molecule has 1 heterocycles. The second-order valence-electron chi connectivity index (χ2n) is 3.61. The van der Waals surface area contributed by atoms with Gasteiger partial charge in [0.2, 0.25) is 5.78 Å². The summed E-state index contributed by atoms with van der Waals surface area (Å²) < 4.78 is 0. The van der Waals surface area contributed by atoms with Crippen molar-refractivity contribution in [2.45, 2.75) is 6.42 Å². The smallest absolute Gasteiger partial charge is 0.372 e. The third-order valence-corrected chi connectivity index (χ3v) is 2.43. The highest BCUT2D eigenvalue weighted by Gasteiger charge is 2.17. The average molecular weight is 231 g/mol. The predicted octanol–water partition coefficient (Wildman–Crippen LogP) is 1.39. The van der Waals surface area contributed by atoms with Crippen molar-refractivity contribution in [3.05, 3.63) is 36.0 Å². The number of hydrogen-bond donors (Lipinski definition) is 2. The van der Waals surface area contributed by atoms with Gasteiger partial charge in [0.1, 0.15) is 0 Å². The van der Waals surface area contributed by atoms with Crippen LogP contribution in [-0.2, 0) is 9.59 Å². The Morgan fingerprint density at radius 1 is 1.18 bits per heavy atom. The summed E-state index contributed by atoms with van der Waals surface area (Å²) >= 11 is 0. The summed E-state index contributed by atoms with van der Waals surface area (Å²) in [5.74, 6) is -3.16. The summed E-state index contributed by atoms with van der Waals surface area (Å²) in [6.07, 6.45) is 1.13. The number of nitrogens with one attached hydrogen (secondary N) is 1. The first-order chi connectivity index (χ1) is 8.08. The van der Waals surface area contributed by atoms with Crippen LogP contribution in [-0.4, -0.2) is 27.6 Å². The van der Waals surface area contributed by atoms with Crippen LogP contribution in [0.5, 0.6) is 0 Å². The Kier molecular flexibility index (Phi) is 2.74. The molecule has 0 atom stereocenters. The summed E-state index contributed by atoms with van der Waals surface area (Å²) in [5, 5.41) is 9.26. The molecule has 0 aliphatic heterocycles. The number of fused-ring (bicyclic) bond motifs is 1. The summed E-state index contributed by atoms with van der Waals surface area (Å²) in [5.41, 5.74) is 1.22. The number of benzene rings is 1. The van der Waals surface area contributed by atoms with Gasteiger partial charge >= 0.3 is 5.97 Å². The van der Waals surface area contributed by atoms with Gasteiger partial charge in [-0.3, -0.25) is 9.59 Å². The minimum Gasteiger partial charge on any atom is -0.475 e. The van der Waals surface area contributed by atoms with Crippen LogP contribution in [0.2, 0.25) is 0 Å². The van der Waals surface area contributed by atoms with Gasteiger partial charge in [-0.15, -0.1) is 0 Å². The zero-order valence-corrected chi connectivity index (χ0v) is 8.77. The highest BCUT2D eigenvalue weighted by Crippen LogP contribution is 2.15. The van der Waals surface area contributed by atoms with Crippen LogP contribution in [0.3, 0.4) is 0 Å². The fraction of sp³-hybridized carbons (Fsp3) is 0.0833. The molecule has 0 aliphatic carbocycles. The number of carboxylic acids is 1. The molecule has 0 saturated heterocycles. The monoisotopic (exact) mass is 231 g/mol. The molecule has 5 nitrogen and oxygen atoms in total. The van der Waals surface area contributed by atoms with Gasteiger partial charge in [0, 0.05) is 22.7 Å². The quantitative estimate of drug-likeness (QED) is 0.473. The standard InChI is InChI=1S/C12H9NO4/c14-10(6-11(15)12(16)17)8-1-2-9-7(5-8)3-4-13-9/h1-5,13H,6H2,(H,16,17). The Morgan fingerprint density at radius 3 is 2.65 bits per heavy atom. The minimum absolute atomic E-state index is 0.340. The number of aliphatic carboxylic acids is 1. The summed E-state index contributed by atoms with van der Waals surface area (Å²) in [7, 11) is 0. The highest BCUT2D eigenvalue weighted by atomic mass is 16.4. The van der Waals surface area contributed by atoms with Gasteiger partial charge in [-0.2, -0.15) is 0 Å². The van der Waals surface area contributed by atoms with Gasteiger partial charge in [-0.05, 0) is 24.3 Å². The van der Waals surface area contributed by atoms with E-state index in [1.165, 1.54) is 0 Å². The van der Waals surface area contributed by atoms with E-state index in [-0.39, 0.29) is 0 Å². The van der Waals surface area contributed by atoms with Crippen molar-refractivity contribution in [3.8, 4) is 0 Å². The average Bonchev–Trinajstić information content (AvgIpc) is 2.75. The highest BCUT2D eigenvalue weighted by molar-refractivity contribution is 6.37. The molecule has 17 heavy (non-hydrogen) atoms. The number of carbonyl (C=O) groups is 3. The molecule has 0 unspecified atom stereocenters. The maximum atomic E-state index is 11.6. The lowest BCUT2D eigenvalue weighted by molar-refractivity contribution is -0.148. The maximum absolute atomic E-state index is 11.6. The molecule has 0 amide bonds. The van der Waals surface area contributed by atoms with Gasteiger partial charge < -0.3 is 10.1 Å². The lowest BCUT2D eigenvalue weighted by atomic mass is 10.0. The van der Waals surface area contributed by atoms with Crippen molar-refractivity contribution in [3.63, 3.8) is 0 Å². The first kappa shape index (κ1) is 11.1. The number of carbonyl (C=O) groups excluding carboxylic acids is 2. The van der Waals surface area contributed by atoms with Crippen molar-refractivity contribution in [2.24, 2.45) is 0 Å². The van der Waals surface area contributed by atoms with Gasteiger partial charge in [0.05, 0.1) is 6.42 Å². The second-order valence-corrected chi connectivity index (χ2v) is 3.61. The van der Waals surface area contributed by atoms with E-state index in [9.17, 15) is 14.4 Å². The number of hydrogen-bond acceptors (Lipinski definition) is 3. The lowest BCUT2D eigenvalue weighted by Gasteiger charge is -1.99. The molecule has 1 aromatic heterocycles. The maximum Gasteiger partial charge on any atom is 0.372 e. The van der Waals surface area contributed by atoms with Crippen LogP contribution >= 0.6 is 0 Å². The van der Waals surface area contributed by atoms with Gasteiger partial charge in [0.15, 0.2) is 5.78 Å². The molecule has 0 radical (unpaired) electrons. The van der Waals surface area contributed by atoms with E-state index >= 15 is 0 Å².